The van der Waals surface area contributed by atoms with E-state index < -0.39 is 5.60 Å². The summed E-state index contributed by atoms with van der Waals surface area (Å²) in [6.07, 6.45) is 0.457. The van der Waals surface area contributed by atoms with Crippen molar-refractivity contribution in [2.75, 3.05) is 32.8 Å². The number of hydrogen-bond donors (Lipinski definition) is 1. The first-order valence-electron chi connectivity index (χ1n) is 7.80. The first kappa shape index (κ1) is 18.2. The Morgan fingerprint density at radius 2 is 1.90 bits per heavy atom. The van der Waals surface area contributed by atoms with Crippen LogP contribution in [0.15, 0.2) is 0 Å². The fourth-order valence-electron chi connectivity index (χ4n) is 2.22. The van der Waals surface area contributed by atoms with Gasteiger partial charge in [-0.1, -0.05) is 0 Å². The number of ether oxygens (including phenoxy) is 3. The van der Waals surface area contributed by atoms with Gasteiger partial charge in [-0.25, -0.2) is 4.79 Å². The number of amides is 1. The molecule has 1 aliphatic heterocycles. The molecule has 0 aromatic carbocycles. The first-order chi connectivity index (χ1) is 9.85. The third kappa shape index (κ3) is 7.11. The molecule has 1 fully saturated rings. The average Bonchev–Trinajstić information content (AvgIpc) is 2.83. The molecule has 1 heterocycles. The molecule has 6 nitrogen and oxygen atoms in total. The van der Waals surface area contributed by atoms with Crippen LogP contribution in [0, 0.1) is 0 Å². The van der Waals surface area contributed by atoms with E-state index in [1.165, 1.54) is 0 Å². The van der Waals surface area contributed by atoms with E-state index in [4.69, 9.17) is 14.2 Å². The van der Waals surface area contributed by atoms with Gasteiger partial charge in [0, 0.05) is 38.9 Å². The van der Waals surface area contributed by atoms with Crippen molar-refractivity contribution < 1.29 is 19.0 Å². The Labute approximate surface area is 128 Å². The van der Waals surface area contributed by atoms with Gasteiger partial charge in [0.25, 0.3) is 0 Å². The summed E-state index contributed by atoms with van der Waals surface area (Å²) in [7, 11) is 0. The molecule has 0 saturated carbocycles. The van der Waals surface area contributed by atoms with E-state index in [0.717, 1.165) is 13.0 Å². The highest BCUT2D eigenvalue weighted by molar-refractivity contribution is 5.68. The summed E-state index contributed by atoms with van der Waals surface area (Å²) in [5.74, 6) is 0. The number of carbonyl (C=O) groups excluding carboxylic acids is 1. The second-order valence-electron chi connectivity index (χ2n) is 6.16. The minimum atomic E-state index is -0.447. The summed E-state index contributed by atoms with van der Waals surface area (Å²) < 4.78 is 16.4. The number of nitrogens with one attached hydrogen (secondary N) is 1. The Hall–Kier alpha value is -0.850. The van der Waals surface area contributed by atoms with Crippen LogP contribution in [0.2, 0.25) is 0 Å². The normalized spacial score (nSPS) is 19.3. The molecular weight excluding hydrogens is 272 g/mol. The van der Waals surface area contributed by atoms with Crippen molar-refractivity contribution in [3.05, 3.63) is 0 Å². The largest absolute Gasteiger partial charge is 0.444 e. The zero-order valence-electron chi connectivity index (χ0n) is 14.0. The second kappa shape index (κ2) is 8.56. The summed E-state index contributed by atoms with van der Waals surface area (Å²) in [4.78, 5) is 13.7. The maximum absolute atomic E-state index is 12.0. The minimum Gasteiger partial charge on any atom is -0.444 e. The van der Waals surface area contributed by atoms with E-state index in [1.54, 1.807) is 4.90 Å². The van der Waals surface area contributed by atoms with Gasteiger partial charge >= 0.3 is 6.09 Å². The highest BCUT2D eigenvalue weighted by Crippen LogP contribution is 2.15. The van der Waals surface area contributed by atoms with Gasteiger partial charge in [0.2, 0.25) is 0 Å². The lowest BCUT2D eigenvalue weighted by Crippen LogP contribution is -2.41. The molecule has 0 aromatic heterocycles. The lowest BCUT2D eigenvalue weighted by atomic mass is 10.2. The molecule has 1 rings (SSSR count). The van der Waals surface area contributed by atoms with Crippen molar-refractivity contribution in [2.24, 2.45) is 0 Å². The van der Waals surface area contributed by atoms with Gasteiger partial charge in [0.15, 0.2) is 6.29 Å². The second-order valence-corrected chi connectivity index (χ2v) is 6.16. The predicted molar refractivity (Wildman–Crippen MR) is 81.3 cm³/mol. The third-order valence-corrected chi connectivity index (χ3v) is 3.12. The fourth-order valence-corrected chi connectivity index (χ4v) is 2.22. The molecule has 1 N–H and O–H groups in total. The average molecular weight is 302 g/mol. The Morgan fingerprint density at radius 1 is 1.29 bits per heavy atom. The number of hydrogen-bond acceptors (Lipinski definition) is 5. The van der Waals surface area contributed by atoms with Gasteiger partial charge in [0.1, 0.15) is 5.60 Å². The highest BCUT2D eigenvalue weighted by Gasteiger charge is 2.29. The molecule has 1 aliphatic rings. The molecule has 0 radical (unpaired) electrons. The number of likely N-dealkylation sites (tertiary alicyclic amines) is 1. The van der Waals surface area contributed by atoms with Crippen LogP contribution in [-0.2, 0) is 14.2 Å². The van der Waals surface area contributed by atoms with Crippen LogP contribution in [0.4, 0.5) is 4.79 Å². The zero-order valence-corrected chi connectivity index (χ0v) is 14.0. The molecule has 21 heavy (non-hydrogen) atoms. The van der Waals surface area contributed by atoms with E-state index in [9.17, 15) is 4.79 Å². The van der Waals surface area contributed by atoms with Crippen LogP contribution in [0.25, 0.3) is 0 Å². The molecule has 0 bridgehead atoms. The molecule has 124 valence electrons. The van der Waals surface area contributed by atoms with E-state index in [1.807, 2.05) is 34.6 Å². The summed E-state index contributed by atoms with van der Waals surface area (Å²) in [6.45, 7) is 12.8. The van der Waals surface area contributed by atoms with Crippen molar-refractivity contribution in [1.82, 2.24) is 10.2 Å². The van der Waals surface area contributed by atoms with E-state index in [2.05, 4.69) is 5.32 Å². The van der Waals surface area contributed by atoms with Crippen molar-refractivity contribution >= 4 is 6.09 Å². The summed E-state index contributed by atoms with van der Waals surface area (Å²) in [6, 6.07) is 0.265. The summed E-state index contributed by atoms with van der Waals surface area (Å²) in [5, 5.41) is 3.40. The maximum atomic E-state index is 12.0. The standard InChI is InChI=1S/C15H30N2O4/c1-6-19-13(20-7-2)10-16-12-8-9-17(11-12)14(18)21-15(3,4)5/h12-13,16H,6-11H2,1-5H3/t12-/m1/s1. The molecule has 6 heteroatoms. The van der Waals surface area contributed by atoms with Crippen molar-refractivity contribution in [3.8, 4) is 0 Å². The number of nitrogens with zero attached hydrogens (tertiary/aromatic N) is 1. The molecule has 1 saturated heterocycles. The lowest BCUT2D eigenvalue weighted by molar-refractivity contribution is -0.133. The third-order valence-electron chi connectivity index (χ3n) is 3.12. The summed E-state index contributed by atoms with van der Waals surface area (Å²) >= 11 is 0. The Bertz CT molecular complexity index is 311. The van der Waals surface area contributed by atoms with Gasteiger partial charge in [-0.2, -0.15) is 0 Å². The topological polar surface area (TPSA) is 60.0 Å². The van der Waals surface area contributed by atoms with Crippen LogP contribution < -0.4 is 5.32 Å². The van der Waals surface area contributed by atoms with Gasteiger partial charge in [-0.05, 0) is 41.0 Å². The zero-order chi connectivity index (χ0) is 15.9. The Balaban J connectivity index is 2.32. The molecule has 0 unspecified atom stereocenters. The van der Waals surface area contributed by atoms with Crippen molar-refractivity contribution in [1.29, 1.82) is 0 Å². The SMILES string of the molecule is CCOC(CN[C@@H]1CCN(C(=O)OC(C)(C)C)C1)OCC. The predicted octanol–water partition coefficient (Wildman–Crippen LogP) is 1.98. The minimum absolute atomic E-state index is 0.226. The van der Waals surface area contributed by atoms with E-state index >= 15 is 0 Å². The van der Waals surface area contributed by atoms with Crippen LogP contribution >= 0.6 is 0 Å². The van der Waals surface area contributed by atoms with Crippen LogP contribution in [0.3, 0.4) is 0 Å². The van der Waals surface area contributed by atoms with Gasteiger partial charge < -0.3 is 24.4 Å². The molecule has 0 aliphatic carbocycles. The highest BCUT2D eigenvalue weighted by atomic mass is 16.7. The molecule has 1 amide bonds. The maximum Gasteiger partial charge on any atom is 0.410 e. The molecule has 0 aromatic rings. The Kier molecular flexibility index (Phi) is 7.42. The fraction of sp³-hybridized carbons (Fsp3) is 0.933. The molecular formula is C15H30N2O4. The van der Waals surface area contributed by atoms with Crippen molar-refractivity contribution in [2.45, 2.75) is 59.0 Å². The van der Waals surface area contributed by atoms with Gasteiger partial charge in [0.05, 0.1) is 0 Å². The quantitative estimate of drug-likeness (QED) is 0.729. The van der Waals surface area contributed by atoms with Crippen molar-refractivity contribution in [3.63, 3.8) is 0 Å². The van der Waals surface area contributed by atoms with Gasteiger partial charge in [-0.15, -0.1) is 0 Å². The van der Waals surface area contributed by atoms with Crippen LogP contribution in [0.5, 0.6) is 0 Å². The number of rotatable bonds is 7. The number of carbonyl (C=O) groups is 1. The monoisotopic (exact) mass is 302 g/mol. The van der Waals surface area contributed by atoms with Gasteiger partial charge in [-0.3, -0.25) is 0 Å². The molecule has 1 atom stereocenters. The molecule has 0 spiro atoms. The van der Waals surface area contributed by atoms with E-state index in [-0.39, 0.29) is 18.4 Å². The summed E-state index contributed by atoms with van der Waals surface area (Å²) in [5.41, 5.74) is -0.447. The smallest absolute Gasteiger partial charge is 0.410 e. The first-order valence-corrected chi connectivity index (χ1v) is 7.80. The Morgan fingerprint density at radius 3 is 2.43 bits per heavy atom. The lowest BCUT2D eigenvalue weighted by Gasteiger charge is -2.24. The van der Waals surface area contributed by atoms with E-state index in [0.29, 0.717) is 26.3 Å². The van der Waals surface area contributed by atoms with Crippen LogP contribution in [-0.4, -0.2) is 61.8 Å². The van der Waals surface area contributed by atoms with Crippen LogP contribution in [0.1, 0.15) is 41.0 Å².